The van der Waals surface area contributed by atoms with Crippen molar-refractivity contribution < 1.29 is 19.2 Å². The minimum atomic E-state index is -4.64. The molecule has 0 aromatic rings. The summed E-state index contributed by atoms with van der Waals surface area (Å²) in [6, 6.07) is 0. The summed E-state index contributed by atoms with van der Waals surface area (Å²) >= 11 is 0. The number of phosphoric acid groups is 1. The summed E-state index contributed by atoms with van der Waals surface area (Å²) in [6.07, 6.45) is 0. The summed E-state index contributed by atoms with van der Waals surface area (Å²) in [5.41, 5.74) is 0. The summed E-state index contributed by atoms with van der Waals surface area (Å²) in [5.74, 6) is 0. The minimum absolute atomic E-state index is 0. The van der Waals surface area contributed by atoms with Crippen molar-refractivity contribution in [3.63, 3.8) is 0 Å². The van der Waals surface area contributed by atoms with Gasteiger partial charge in [-0.3, -0.25) is 0 Å². The number of halogens is 2. The first-order valence-electron chi connectivity index (χ1n) is 0.783. The van der Waals surface area contributed by atoms with E-state index in [-0.39, 0.29) is 99.3 Å². The molecule has 0 atom stereocenters. The van der Waals surface area contributed by atoms with E-state index in [9.17, 15) is 0 Å². The Morgan fingerprint density at radius 2 is 1.00 bits per heavy atom. The molecule has 0 radical (unpaired) electrons. The van der Waals surface area contributed by atoms with E-state index >= 15 is 0 Å². The van der Waals surface area contributed by atoms with Crippen molar-refractivity contribution in [2.75, 3.05) is 0 Å². The second-order valence-electron chi connectivity index (χ2n) is 0.513. The van der Waals surface area contributed by atoms with E-state index in [1.165, 1.54) is 0 Å². The van der Waals surface area contributed by atoms with Crippen LogP contribution in [0.4, 0.5) is 0 Å². The van der Waals surface area contributed by atoms with Crippen LogP contribution in [0.5, 0.6) is 0 Å². The van der Waals surface area contributed by atoms with E-state index in [1.54, 1.807) is 0 Å². The zero-order chi connectivity index (χ0) is 4.50. The summed E-state index contributed by atoms with van der Waals surface area (Å²) in [4.78, 5) is 21.6. The molecule has 9 heavy (non-hydrogen) atoms. The second-order valence-corrected chi connectivity index (χ2v) is 1.54. The first-order chi connectivity index (χ1) is 2.00. The van der Waals surface area contributed by atoms with Gasteiger partial charge in [0, 0.05) is 0 Å². The molecule has 0 aromatic carbocycles. The molecule has 0 aliphatic heterocycles. The Bertz CT molecular complexity index is 64.7. The summed E-state index contributed by atoms with van der Waals surface area (Å²) in [7, 11) is -4.64. The first kappa shape index (κ1) is 29.6. The Kier molecular flexibility index (Phi) is 44.9. The van der Waals surface area contributed by atoms with Crippen molar-refractivity contribution >= 4 is 107 Å². The van der Waals surface area contributed by atoms with Crippen molar-refractivity contribution in [2.24, 2.45) is 0 Å². The molecule has 0 heterocycles. The van der Waals surface area contributed by atoms with Gasteiger partial charge < -0.3 is 14.7 Å². The summed E-state index contributed by atoms with van der Waals surface area (Å²) < 4.78 is 8.88. The molecule has 0 aromatic heterocycles. The van der Waals surface area contributed by atoms with Crippen LogP contribution in [0.1, 0.15) is 0 Å². The SMILES string of the molecule is Cl.Cl.O=P(O)(O)O.[KH].[MgH2]. The number of hydrogen-bond donors (Lipinski definition) is 3. The Morgan fingerprint density at radius 3 is 1.00 bits per heavy atom. The Balaban J connectivity index is -0.0000000133. The van der Waals surface area contributed by atoms with E-state index in [4.69, 9.17) is 19.2 Å². The van der Waals surface area contributed by atoms with Gasteiger partial charge in [-0.2, -0.15) is 0 Å². The predicted molar refractivity (Wildman–Crippen MR) is 44.5 cm³/mol. The number of hydrogen-bond acceptors (Lipinski definition) is 1. The van der Waals surface area contributed by atoms with E-state index in [0.717, 1.165) is 0 Å². The molecule has 0 aliphatic carbocycles. The maximum atomic E-state index is 8.88. The van der Waals surface area contributed by atoms with Crippen LogP contribution >= 0.6 is 32.6 Å². The summed E-state index contributed by atoms with van der Waals surface area (Å²) in [6.45, 7) is 0. The molecule has 0 fully saturated rings. The normalized spacial score (nSPS) is 6.56. The molecule has 0 saturated heterocycles. The molecule has 0 rings (SSSR count). The molecule has 0 amide bonds. The molecular weight excluding hydrogens is 229 g/mol. The second kappa shape index (κ2) is 13.7. The number of rotatable bonds is 0. The van der Waals surface area contributed by atoms with E-state index in [2.05, 4.69) is 0 Å². The van der Waals surface area contributed by atoms with Crippen LogP contribution in [0.15, 0.2) is 0 Å². The molecule has 9 heteroatoms. The van der Waals surface area contributed by atoms with Crippen LogP contribution in [-0.2, 0) is 4.57 Å². The molecule has 3 N–H and O–H groups in total. The fourth-order valence-electron chi connectivity index (χ4n) is 0. The molecule has 4 nitrogen and oxygen atoms in total. The maximum Gasteiger partial charge on any atom is 0.316 e. The zero-order valence-electron chi connectivity index (χ0n) is 3.01. The monoisotopic (exact) mass is 236 g/mol. The molecule has 0 aliphatic rings. The smallest absolute Gasteiger partial charge is 0.316 e. The standard InChI is InChI=1S/2ClH.K.Mg.H3O4P.3H/c;;;;1-5(2,3)4;;;/h2*1H;;;(H3,1,2,3,4);;;. The first-order valence-corrected chi connectivity index (χ1v) is 2.35. The predicted octanol–water partition coefficient (Wildman–Crippen LogP) is -1.65. The van der Waals surface area contributed by atoms with Crippen molar-refractivity contribution in [3.05, 3.63) is 0 Å². The molecule has 0 unspecified atom stereocenters. The Morgan fingerprint density at radius 1 is 1.00 bits per heavy atom. The summed E-state index contributed by atoms with van der Waals surface area (Å²) in [5, 5.41) is 0. The van der Waals surface area contributed by atoms with Gasteiger partial charge in [-0.25, -0.2) is 4.57 Å². The van der Waals surface area contributed by atoms with Crippen LogP contribution in [0, 0.1) is 0 Å². The van der Waals surface area contributed by atoms with E-state index in [0.29, 0.717) is 0 Å². The maximum absolute atomic E-state index is 8.88. The molecule has 54 valence electrons. The van der Waals surface area contributed by atoms with E-state index in [1.807, 2.05) is 0 Å². The van der Waals surface area contributed by atoms with Crippen LogP contribution in [0.3, 0.4) is 0 Å². The van der Waals surface area contributed by atoms with Gasteiger partial charge >= 0.3 is 82.3 Å². The average Bonchev–Trinajstić information content (AvgIpc) is 0.722. The van der Waals surface area contributed by atoms with Gasteiger partial charge in [0.25, 0.3) is 0 Å². The Labute approximate surface area is 124 Å². The fraction of sp³-hybridized carbons (Fsp3) is 0. The molecule has 0 saturated carbocycles. The third kappa shape index (κ3) is 95.9. The third-order valence-electron chi connectivity index (χ3n) is 0. The van der Waals surface area contributed by atoms with Crippen molar-refractivity contribution in [2.45, 2.75) is 0 Å². The fourth-order valence-corrected chi connectivity index (χ4v) is 0. The largest absolute Gasteiger partial charge is 0.316 e. The van der Waals surface area contributed by atoms with Gasteiger partial charge in [-0.05, 0) is 0 Å². The van der Waals surface area contributed by atoms with Crippen molar-refractivity contribution in [1.29, 1.82) is 0 Å². The van der Waals surface area contributed by atoms with E-state index < -0.39 is 7.82 Å². The van der Waals surface area contributed by atoms with Gasteiger partial charge in [-0.15, -0.1) is 24.8 Å². The average molecular weight is 237 g/mol. The third-order valence-corrected chi connectivity index (χ3v) is 0. The van der Waals surface area contributed by atoms with Gasteiger partial charge in [0.1, 0.15) is 0 Å². The topological polar surface area (TPSA) is 77.8 Å². The van der Waals surface area contributed by atoms with Gasteiger partial charge in [0.15, 0.2) is 0 Å². The van der Waals surface area contributed by atoms with Crippen LogP contribution in [0.25, 0.3) is 0 Å². The van der Waals surface area contributed by atoms with Crippen molar-refractivity contribution in [3.8, 4) is 0 Å². The van der Waals surface area contributed by atoms with Crippen molar-refractivity contribution in [1.82, 2.24) is 0 Å². The van der Waals surface area contributed by atoms with Gasteiger partial charge in [0.2, 0.25) is 0 Å². The van der Waals surface area contributed by atoms with Crippen LogP contribution in [-0.4, -0.2) is 89.1 Å². The van der Waals surface area contributed by atoms with Gasteiger partial charge in [0.05, 0.1) is 0 Å². The quantitative estimate of drug-likeness (QED) is 0.348. The Hall–Kier alpha value is 3.09. The van der Waals surface area contributed by atoms with Crippen LogP contribution in [0.2, 0.25) is 0 Å². The molecular formula is H8Cl2KMgO4P. The van der Waals surface area contributed by atoms with Crippen LogP contribution < -0.4 is 0 Å². The van der Waals surface area contributed by atoms with Gasteiger partial charge in [-0.1, -0.05) is 0 Å². The molecule has 0 bridgehead atoms. The molecule has 0 spiro atoms. The minimum Gasteiger partial charge on any atom is 0.316 e. The zero-order valence-corrected chi connectivity index (χ0v) is 5.54.